The van der Waals surface area contributed by atoms with Gasteiger partial charge in [0, 0.05) is 37.0 Å². The average molecular weight is 585 g/mol. The molecule has 0 unspecified atom stereocenters. The lowest BCUT2D eigenvalue weighted by atomic mass is 9.42. The molecule has 9 heteroatoms. The van der Waals surface area contributed by atoms with Crippen molar-refractivity contribution in [2.75, 3.05) is 6.61 Å². The SMILES string of the molecule is CC(=O)O[C@H]1C[C@@]2(O)[C@@H](OC(=O)c3ccccc3)[C@@H]3[C@]4(OC(C)=O)CO[C@@H]4C[C@H](C)[C@@]3(C)[C@@H](O)[C@H](C)C(=C1C)C2(C)C. The monoisotopic (exact) mass is 584 g/mol. The first-order chi connectivity index (χ1) is 19.5. The summed E-state index contributed by atoms with van der Waals surface area (Å²) in [5.41, 5.74) is -3.26. The number of ether oxygens (including phenoxy) is 4. The van der Waals surface area contributed by atoms with Gasteiger partial charge in [0.2, 0.25) is 0 Å². The van der Waals surface area contributed by atoms with Gasteiger partial charge in [-0.05, 0) is 37.0 Å². The Kier molecular flexibility index (Phi) is 7.43. The lowest BCUT2D eigenvalue weighted by Gasteiger charge is -2.69. The van der Waals surface area contributed by atoms with Gasteiger partial charge in [0.25, 0.3) is 0 Å². The molecule has 3 fully saturated rings. The smallest absolute Gasteiger partial charge is 0.338 e. The number of rotatable bonds is 4. The number of esters is 3. The lowest BCUT2D eigenvalue weighted by Crippen LogP contribution is -2.80. The third kappa shape index (κ3) is 4.18. The van der Waals surface area contributed by atoms with Gasteiger partial charge in [-0.15, -0.1) is 0 Å². The van der Waals surface area contributed by atoms with Crippen LogP contribution < -0.4 is 0 Å². The number of hydrogen-bond donors (Lipinski definition) is 2. The molecule has 0 aromatic heterocycles. The van der Waals surface area contributed by atoms with Crippen LogP contribution in [0.25, 0.3) is 0 Å². The highest BCUT2D eigenvalue weighted by atomic mass is 16.6. The van der Waals surface area contributed by atoms with Crippen molar-refractivity contribution >= 4 is 17.9 Å². The highest BCUT2D eigenvalue weighted by Gasteiger charge is 2.76. The third-order valence-electron chi connectivity index (χ3n) is 11.3. The first kappa shape index (κ1) is 30.7. The molecule has 2 saturated carbocycles. The molecule has 9 nitrogen and oxygen atoms in total. The lowest BCUT2D eigenvalue weighted by molar-refractivity contribution is -0.356. The van der Waals surface area contributed by atoms with Crippen molar-refractivity contribution in [2.24, 2.45) is 28.6 Å². The van der Waals surface area contributed by atoms with Crippen LogP contribution in [0.2, 0.25) is 0 Å². The molecule has 1 aromatic carbocycles. The molecule has 1 aliphatic heterocycles. The first-order valence-electron chi connectivity index (χ1n) is 14.9. The normalized spacial score (nSPS) is 42.1. The van der Waals surface area contributed by atoms with Crippen LogP contribution in [0.3, 0.4) is 0 Å². The Morgan fingerprint density at radius 2 is 1.64 bits per heavy atom. The van der Waals surface area contributed by atoms with E-state index in [0.29, 0.717) is 12.0 Å². The highest BCUT2D eigenvalue weighted by Crippen LogP contribution is 2.67. The summed E-state index contributed by atoms with van der Waals surface area (Å²) in [4.78, 5) is 38.8. The average Bonchev–Trinajstić information content (AvgIpc) is 2.90. The minimum Gasteiger partial charge on any atom is -0.458 e. The van der Waals surface area contributed by atoms with Crippen LogP contribution in [0.1, 0.15) is 78.6 Å². The molecule has 5 rings (SSSR count). The fourth-order valence-electron chi connectivity index (χ4n) is 9.03. The van der Waals surface area contributed by atoms with Crippen molar-refractivity contribution in [1.29, 1.82) is 0 Å². The molecule has 10 atom stereocenters. The third-order valence-corrected chi connectivity index (χ3v) is 11.3. The maximum absolute atomic E-state index is 13.9. The zero-order valence-electron chi connectivity index (χ0n) is 25.8. The molecule has 3 aliphatic carbocycles. The zero-order valence-corrected chi connectivity index (χ0v) is 25.8. The number of aliphatic hydroxyl groups excluding tert-OH is 1. The number of carbonyl (C=O) groups is 3. The van der Waals surface area contributed by atoms with Gasteiger partial charge in [0.1, 0.15) is 23.9 Å². The molecule has 2 N–H and O–H groups in total. The largest absolute Gasteiger partial charge is 0.458 e. The maximum atomic E-state index is 13.9. The van der Waals surface area contributed by atoms with Crippen molar-refractivity contribution in [3.05, 3.63) is 47.0 Å². The second kappa shape index (κ2) is 10.2. The second-order valence-electron chi connectivity index (χ2n) is 13.7. The Labute approximate surface area is 247 Å². The molecule has 0 radical (unpaired) electrons. The summed E-state index contributed by atoms with van der Waals surface area (Å²) >= 11 is 0. The van der Waals surface area contributed by atoms with Crippen molar-refractivity contribution in [3.8, 4) is 0 Å². The summed E-state index contributed by atoms with van der Waals surface area (Å²) in [5.74, 6) is -3.19. The standard InChI is InChI=1S/C33H44O9/c1-17-14-24-32(16-39-24,42-21(5)35)26-28(41-29(37)22-12-10-9-11-13-22)33(38)15-23(40-20(4)34)18(2)25(30(33,6)7)19(3)27(36)31(17,26)8/h9-13,17,19,23-24,26-28,36,38H,14-16H2,1-8H3/t17-,19+,23-,24+,26-,27-,28-,31+,32-,33+/m0/s1. The molecule has 0 spiro atoms. The Hall–Kier alpha value is -2.75. The van der Waals surface area contributed by atoms with Crippen LogP contribution in [0.5, 0.6) is 0 Å². The van der Waals surface area contributed by atoms with Crippen LogP contribution in [0.4, 0.5) is 0 Å². The van der Waals surface area contributed by atoms with Gasteiger partial charge in [-0.2, -0.15) is 0 Å². The van der Waals surface area contributed by atoms with Gasteiger partial charge in [-0.3, -0.25) is 9.59 Å². The quantitative estimate of drug-likeness (QED) is 0.307. The van der Waals surface area contributed by atoms with Crippen LogP contribution >= 0.6 is 0 Å². The van der Waals surface area contributed by atoms with Crippen LogP contribution in [-0.4, -0.2) is 70.3 Å². The molecule has 1 aromatic rings. The van der Waals surface area contributed by atoms with Crippen LogP contribution in [0.15, 0.2) is 41.5 Å². The van der Waals surface area contributed by atoms with Crippen molar-refractivity contribution in [2.45, 2.75) is 104 Å². The Morgan fingerprint density at radius 1 is 1.00 bits per heavy atom. The summed E-state index contributed by atoms with van der Waals surface area (Å²) in [5, 5.41) is 25.6. The fourth-order valence-corrected chi connectivity index (χ4v) is 9.03. The van der Waals surface area contributed by atoms with Gasteiger partial charge in [0.05, 0.1) is 24.2 Å². The zero-order chi connectivity index (χ0) is 31.0. The Morgan fingerprint density at radius 3 is 2.19 bits per heavy atom. The summed E-state index contributed by atoms with van der Waals surface area (Å²) in [6, 6.07) is 8.51. The fraction of sp³-hybridized carbons (Fsp3) is 0.667. The molecule has 1 heterocycles. The molecule has 230 valence electrons. The predicted molar refractivity (Wildman–Crippen MR) is 152 cm³/mol. The van der Waals surface area contributed by atoms with Crippen molar-refractivity contribution in [1.82, 2.24) is 0 Å². The van der Waals surface area contributed by atoms with E-state index in [4.69, 9.17) is 18.9 Å². The molecule has 4 aliphatic rings. The molecule has 42 heavy (non-hydrogen) atoms. The molecule has 1 saturated heterocycles. The van der Waals surface area contributed by atoms with Gasteiger partial charge in [-0.25, -0.2) is 4.79 Å². The topological polar surface area (TPSA) is 129 Å². The van der Waals surface area contributed by atoms with E-state index in [2.05, 4.69) is 0 Å². The van der Waals surface area contributed by atoms with E-state index < -0.39 is 76.2 Å². The second-order valence-corrected chi connectivity index (χ2v) is 13.7. The minimum atomic E-state index is -1.79. The maximum Gasteiger partial charge on any atom is 0.338 e. The minimum absolute atomic E-state index is 0.0380. The van der Waals surface area contributed by atoms with E-state index >= 15 is 0 Å². The van der Waals surface area contributed by atoms with Gasteiger partial charge < -0.3 is 29.2 Å². The van der Waals surface area contributed by atoms with E-state index in [9.17, 15) is 24.6 Å². The van der Waals surface area contributed by atoms with Crippen LogP contribution in [0, 0.1) is 28.6 Å². The van der Waals surface area contributed by atoms with Gasteiger partial charge >= 0.3 is 17.9 Å². The molecule has 2 bridgehead atoms. The van der Waals surface area contributed by atoms with Crippen LogP contribution in [-0.2, 0) is 28.5 Å². The Balaban J connectivity index is 1.82. The van der Waals surface area contributed by atoms with E-state index in [0.717, 1.165) is 11.1 Å². The number of aliphatic hydroxyl groups is 2. The van der Waals surface area contributed by atoms with Crippen molar-refractivity contribution < 1.29 is 43.5 Å². The van der Waals surface area contributed by atoms with E-state index in [1.807, 2.05) is 41.5 Å². The molecular weight excluding hydrogens is 540 g/mol. The first-order valence-corrected chi connectivity index (χ1v) is 14.9. The summed E-state index contributed by atoms with van der Waals surface area (Å²) < 4.78 is 24.3. The van der Waals surface area contributed by atoms with E-state index in [1.54, 1.807) is 30.3 Å². The summed E-state index contributed by atoms with van der Waals surface area (Å²) in [6.07, 6.45) is -3.12. The molecule has 0 amide bonds. The van der Waals surface area contributed by atoms with Gasteiger partial charge in [-0.1, -0.05) is 58.4 Å². The van der Waals surface area contributed by atoms with E-state index in [1.165, 1.54) is 13.8 Å². The summed E-state index contributed by atoms with van der Waals surface area (Å²) in [7, 11) is 0. The molecular formula is C33H44O9. The highest BCUT2D eigenvalue weighted by molar-refractivity contribution is 5.89. The number of carbonyl (C=O) groups excluding carboxylic acids is 3. The number of fused-ring (bicyclic) bond motifs is 5. The van der Waals surface area contributed by atoms with Gasteiger partial charge in [0.15, 0.2) is 5.60 Å². The number of hydrogen-bond acceptors (Lipinski definition) is 9. The van der Waals surface area contributed by atoms with Crippen molar-refractivity contribution in [3.63, 3.8) is 0 Å². The van der Waals surface area contributed by atoms with E-state index in [-0.39, 0.29) is 18.9 Å². The Bertz CT molecular complexity index is 1300. The summed E-state index contributed by atoms with van der Waals surface area (Å²) in [6.45, 7) is 14.2. The predicted octanol–water partition coefficient (Wildman–Crippen LogP) is 3.99. The number of benzene rings is 1.